The van der Waals surface area contributed by atoms with Crippen molar-refractivity contribution < 1.29 is 14.1 Å². The second-order valence-electron chi connectivity index (χ2n) is 0.707. The van der Waals surface area contributed by atoms with E-state index in [0.29, 0.717) is 0 Å². The second-order valence-corrected chi connectivity index (χ2v) is 0.707. The summed E-state index contributed by atoms with van der Waals surface area (Å²) in [6.07, 6.45) is 1.25. The lowest BCUT2D eigenvalue weighted by molar-refractivity contribution is 1.09. The summed E-state index contributed by atoms with van der Waals surface area (Å²) in [4.78, 5) is 0. The molecule has 0 atom stereocenters. The van der Waals surface area contributed by atoms with Gasteiger partial charge < -0.3 is 0 Å². The standard InChI is InChI=1S/C3H8.3FH/c1-3-2;;;/h3H2,1-2H3;3*1H. The zero-order valence-electron chi connectivity index (χ0n) is 3.93. The van der Waals surface area contributed by atoms with Crippen molar-refractivity contribution in [2.24, 2.45) is 0 Å². The zero-order valence-corrected chi connectivity index (χ0v) is 3.93. The van der Waals surface area contributed by atoms with Crippen molar-refractivity contribution in [1.82, 2.24) is 0 Å². The topological polar surface area (TPSA) is 0 Å². The molecule has 0 rings (SSSR count). The van der Waals surface area contributed by atoms with Gasteiger partial charge in [-0.25, -0.2) is 0 Å². The Bertz CT molecular complexity index is 6.00. The van der Waals surface area contributed by atoms with Crippen LogP contribution in [0.1, 0.15) is 20.3 Å². The van der Waals surface area contributed by atoms with Gasteiger partial charge in [-0.3, -0.25) is 14.1 Å². The minimum Gasteiger partial charge on any atom is -0.269 e. The van der Waals surface area contributed by atoms with E-state index in [4.69, 9.17) is 0 Å². The Morgan fingerprint density at radius 3 is 0.833 bits per heavy atom. The van der Waals surface area contributed by atoms with Crippen molar-refractivity contribution in [3.63, 3.8) is 0 Å². The SMILES string of the molecule is CCC.F.F.F. The molecule has 0 fully saturated rings. The molecule has 0 radical (unpaired) electrons. The van der Waals surface area contributed by atoms with E-state index in [1.54, 1.807) is 0 Å². The van der Waals surface area contributed by atoms with Gasteiger partial charge in [-0.1, -0.05) is 20.3 Å². The molecule has 0 aromatic carbocycles. The monoisotopic (exact) mass is 104 g/mol. The van der Waals surface area contributed by atoms with Crippen LogP contribution in [0, 0.1) is 0 Å². The normalized spacial score (nSPS) is 3.00. The van der Waals surface area contributed by atoms with Crippen LogP contribution in [0.3, 0.4) is 0 Å². The summed E-state index contributed by atoms with van der Waals surface area (Å²) in [6, 6.07) is 0. The maximum atomic E-state index is 2.12. The Balaban J connectivity index is -0.00000000667. The Morgan fingerprint density at radius 1 is 0.833 bits per heavy atom. The molecule has 0 heterocycles. The molecule has 0 aliphatic rings. The molecule has 0 aromatic rings. The van der Waals surface area contributed by atoms with Crippen LogP contribution in [-0.4, -0.2) is 0 Å². The van der Waals surface area contributed by atoms with Crippen LogP contribution >= 0.6 is 0 Å². The maximum Gasteiger partial charge on any atom is -0.0590 e. The van der Waals surface area contributed by atoms with Crippen molar-refractivity contribution in [2.75, 3.05) is 0 Å². The molecule has 0 bridgehead atoms. The number of halogens is 3. The van der Waals surface area contributed by atoms with Gasteiger partial charge in [0.2, 0.25) is 0 Å². The average Bonchev–Trinajstić information content (AvgIpc) is 0.918. The number of hydrogen-bond donors (Lipinski definition) is 0. The molecule has 3 heteroatoms. The Labute approximate surface area is 35.7 Å². The first-order valence-corrected chi connectivity index (χ1v) is 1.41. The highest BCUT2D eigenvalue weighted by Crippen LogP contribution is 1.56. The summed E-state index contributed by atoms with van der Waals surface area (Å²) in [5.74, 6) is 0. The van der Waals surface area contributed by atoms with Crippen molar-refractivity contribution in [3.05, 3.63) is 0 Å². The molecule has 0 N–H and O–H groups in total. The fourth-order valence-electron chi connectivity index (χ4n) is 0. The first-order valence-electron chi connectivity index (χ1n) is 1.41. The van der Waals surface area contributed by atoms with Crippen molar-refractivity contribution in [1.29, 1.82) is 0 Å². The molecule has 0 aliphatic carbocycles. The smallest absolute Gasteiger partial charge is 0.0590 e. The van der Waals surface area contributed by atoms with Gasteiger partial charge in [-0.05, 0) is 0 Å². The lowest BCUT2D eigenvalue weighted by Gasteiger charge is -1.48. The average molecular weight is 104 g/mol. The number of hydrogen-bond acceptors (Lipinski definition) is 0. The van der Waals surface area contributed by atoms with Gasteiger partial charge in [-0.15, -0.1) is 0 Å². The highest BCUT2D eigenvalue weighted by molar-refractivity contribution is 3.92. The van der Waals surface area contributed by atoms with Crippen LogP contribution < -0.4 is 0 Å². The molecule has 0 saturated carbocycles. The lowest BCUT2D eigenvalue weighted by Crippen LogP contribution is -1.27. The largest absolute Gasteiger partial charge is 0.269 e. The minimum absolute atomic E-state index is 0. The van der Waals surface area contributed by atoms with Crippen LogP contribution in [0.4, 0.5) is 14.1 Å². The molecule has 44 valence electrons. The van der Waals surface area contributed by atoms with Gasteiger partial charge in [0, 0.05) is 0 Å². The van der Waals surface area contributed by atoms with Crippen LogP contribution in [0.2, 0.25) is 0 Å². The van der Waals surface area contributed by atoms with E-state index in [1.165, 1.54) is 6.42 Å². The molecule has 0 saturated heterocycles. The predicted molar refractivity (Wildman–Crippen MR) is 23.5 cm³/mol. The molecule has 0 spiro atoms. The fraction of sp³-hybridized carbons (Fsp3) is 1.00. The lowest BCUT2D eigenvalue weighted by atomic mass is 10.6. The molecular formula is C3H11F3. The highest BCUT2D eigenvalue weighted by Gasteiger charge is 1.35. The molecule has 0 amide bonds. The molecule has 0 aliphatic heterocycles. The maximum absolute atomic E-state index is 2.12. The third-order valence-corrected chi connectivity index (χ3v) is 0. The fourth-order valence-corrected chi connectivity index (χ4v) is 0. The van der Waals surface area contributed by atoms with Crippen LogP contribution in [-0.2, 0) is 0 Å². The number of rotatable bonds is 0. The van der Waals surface area contributed by atoms with E-state index in [-0.39, 0.29) is 14.1 Å². The van der Waals surface area contributed by atoms with Crippen LogP contribution in [0.25, 0.3) is 0 Å². The van der Waals surface area contributed by atoms with Gasteiger partial charge in [0.15, 0.2) is 0 Å². The Morgan fingerprint density at radius 2 is 0.833 bits per heavy atom. The molecule has 6 heavy (non-hydrogen) atoms. The predicted octanol–water partition coefficient (Wildman–Crippen LogP) is 1.87. The molecule has 0 nitrogen and oxygen atoms in total. The summed E-state index contributed by atoms with van der Waals surface area (Å²) in [6.45, 7) is 4.25. The van der Waals surface area contributed by atoms with Gasteiger partial charge in [0.25, 0.3) is 0 Å². The van der Waals surface area contributed by atoms with Crippen molar-refractivity contribution in [3.8, 4) is 0 Å². The molecular weight excluding hydrogens is 93.0 g/mol. The molecule has 0 unspecified atom stereocenters. The van der Waals surface area contributed by atoms with Crippen molar-refractivity contribution in [2.45, 2.75) is 20.3 Å². The summed E-state index contributed by atoms with van der Waals surface area (Å²) >= 11 is 0. The third-order valence-electron chi connectivity index (χ3n) is 0. The zero-order chi connectivity index (χ0) is 2.71. The van der Waals surface area contributed by atoms with E-state index in [2.05, 4.69) is 13.8 Å². The quantitative estimate of drug-likeness (QED) is 0.440. The summed E-state index contributed by atoms with van der Waals surface area (Å²) in [5, 5.41) is 0. The van der Waals surface area contributed by atoms with Crippen molar-refractivity contribution >= 4 is 0 Å². The summed E-state index contributed by atoms with van der Waals surface area (Å²) in [7, 11) is 0. The van der Waals surface area contributed by atoms with Gasteiger partial charge in [-0.2, -0.15) is 0 Å². The first-order chi connectivity index (χ1) is 1.41. The van der Waals surface area contributed by atoms with Gasteiger partial charge in [0.05, 0.1) is 0 Å². The summed E-state index contributed by atoms with van der Waals surface area (Å²) in [5.41, 5.74) is 0. The Kier molecular flexibility index (Phi) is 762. The highest BCUT2D eigenvalue weighted by atomic mass is 19.0. The van der Waals surface area contributed by atoms with E-state index in [9.17, 15) is 0 Å². The minimum atomic E-state index is 0. The second kappa shape index (κ2) is 110. The van der Waals surface area contributed by atoms with E-state index in [1.807, 2.05) is 0 Å². The van der Waals surface area contributed by atoms with Crippen LogP contribution in [0.5, 0.6) is 0 Å². The van der Waals surface area contributed by atoms with Crippen LogP contribution in [0.15, 0.2) is 0 Å². The molecule has 0 aromatic heterocycles. The van der Waals surface area contributed by atoms with Gasteiger partial charge >= 0.3 is 0 Å². The van der Waals surface area contributed by atoms with E-state index >= 15 is 0 Å². The van der Waals surface area contributed by atoms with E-state index in [0.717, 1.165) is 0 Å². The van der Waals surface area contributed by atoms with Gasteiger partial charge in [0.1, 0.15) is 0 Å². The third kappa shape index (κ3) is 669. The Hall–Kier alpha value is -0.210. The summed E-state index contributed by atoms with van der Waals surface area (Å²) < 4.78 is 0. The first kappa shape index (κ1) is 41.5. The van der Waals surface area contributed by atoms with E-state index < -0.39 is 0 Å².